The number of likely N-dealkylation sites (tertiary alicyclic amines) is 1. The molecule has 0 N–H and O–H groups in total. The van der Waals surface area contributed by atoms with Crippen LogP contribution in [0.15, 0.2) is 30.3 Å². The fourth-order valence-electron chi connectivity index (χ4n) is 2.91. The molecule has 1 aliphatic heterocycles. The van der Waals surface area contributed by atoms with Gasteiger partial charge in [-0.15, -0.1) is 0 Å². The molecule has 1 saturated heterocycles. The summed E-state index contributed by atoms with van der Waals surface area (Å²) in [5.74, 6) is 0.741. The number of carbonyl (C=O) groups is 2. The summed E-state index contributed by atoms with van der Waals surface area (Å²) in [6, 6.07) is 9.23. The SMILES string of the molecule is CCOC(=S)S[C@H]1[C@H](CC(=O)C2CC2)CN1C(=O)c1ccccc1. The average Bonchev–Trinajstić information content (AvgIpc) is 3.41. The normalized spacial score (nSPS) is 22.6. The topological polar surface area (TPSA) is 46.6 Å². The van der Waals surface area contributed by atoms with Gasteiger partial charge in [0.1, 0.15) is 5.78 Å². The van der Waals surface area contributed by atoms with Crippen LogP contribution in [0, 0.1) is 11.8 Å². The Bertz CT molecular complexity index is 630. The van der Waals surface area contributed by atoms with Gasteiger partial charge in [-0.1, -0.05) is 30.0 Å². The molecule has 0 aromatic heterocycles. The summed E-state index contributed by atoms with van der Waals surface area (Å²) < 4.78 is 5.81. The highest BCUT2D eigenvalue weighted by Crippen LogP contribution is 2.41. The van der Waals surface area contributed by atoms with Crippen molar-refractivity contribution >= 4 is 40.1 Å². The number of ether oxygens (including phenoxy) is 1. The Kier molecular flexibility index (Phi) is 5.56. The molecule has 4 nitrogen and oxygen atoms in total. The summed E-state index contributed by atoms with van der Waals surface area (Å²) in [5.41, 5.74) is 0.664. The van der Waals surface area contributed by atoms with E-state index in [-0.39, 0.29) is 23.1 Å². The van der Waals surface area contributed by atoms with Crippen molar-refractivity contribution in [1.82, 2.24) is 4.90 Å². The second-order valence-corrected chi connectivity index (χ2v) is 7.94. The highest BCUT2D eigenvalue weighted by Gasteiger charge is 2.45. The van der Waals surface area contributed by atoms with Crippen molar-refractivity contribution in [2.45, 2.75) is 31.6 Å². The first-order valence-corrected chi connectivity index (χ1v) is 9.61. The minimum atomic E-state index is -0.112. The molecule has 2 atom stereocenters. The van der Waals surface area contributed by atoms with Crippen molar-refractivity contribution < 1.29 is 14.3 Å². The summed E-state index contributed by atoms with van der Waals surface area (Å²) >= 11 is 6.62. The van der Waals surface area contributed by atoms with Crippen LogP contribution < -0.4 is 0 Å². The molecule has 1 aromatic rings. The fraction of sp³-hybridized carbons (Fsp3) is 0.500. The van der Waals surface area contributed by atoms with Crippen LogP contribution >= 0.6 is 24.0 Å². The molecule has 0 spiro atoms. The van der Waals surface area contributed by atoms with Gasteiger partial charge in [0, 0.05) is 30.4 Å². The number of hydrogen-bond donors (Lipinski definition) is 0. The zero-order chi connectivity index (χ0) is 17.1. The van der Waals surface area contributed by atoms with Crippen molar-refractivity contribution in [1.29, 1.82) is 0 Å². The van der Waals surface area contributed by atoms with Crippen LogP contribution in [0.5, 0.6) is 0 Å². The van der Waals surface area contributed by atoms with E-state index in [1.54, 1.807) is 4.90 Å². The molecule has 24 heavy (non-hydrogen) atoms. The second kappa shape index (κ2) is 7.66. The maximum atomic E-state index is 12.7. The summed E-state index contributed by atoms with van der Waals surface area (Å²) in [4.78, 5) is 26.6. The molecule has 6 heteroatoms. The maximum absolute atomic E-state index is 12.7. The van der Waals surface area contributed by atoms with E-state index in [4.69, 9.17) is 17.0 Å². The van der Waals surface area contributed by atoms with E-state index in [1.165, 1.54) is 11.8 Å². The van der Waals surface area contributed by atoms with Gasteiger partial charge in [0.15, 0.2) is 0 Å². The van der Waals surface area contributed by atoms with E-state index < -0.39 is 0 Å². The van der Waals surface area contributed by atoms with E-state index in [0.29, 0.717) is 35.3 Å². The highest BCUT2D eigenvalue weighted by atomic mass is 32.2. The second-order valence-electron chi connectivity index (χ2n) is 6.22. The smallest absolute Gasteiger partial charge is 0.254 e. The molecule has 1 aliphatic carbocycles. The molecule has 1 amide bonds. The Balaban J connectivity index is 1.67. The third-order valence-electron chi connectivity index (χ3n) is 4.40. The lowest BCUT2D eigenvalue weighted by atomic mass is 9.91. The van der Waals surface area contributed by atoms with Gasteiger partial charge in [-0.3, -0.25) is 9.59 Å². The van der Waals surface area contributed by atoms with E-state index >= 15 is 0 Å². The Labute approximate surface area is 151 Å². The predicted molar refractivity (Wildman–Crippen MR) is 98.9 cm³/mol. The molecule has 0 bridgehead atoms. The Morgan fingerprint density at radius 1 is 1.29 bits per heavy atom. The molecule has 1 heterocycles. The molecule has 0 radical (unpaired) electrons. The number of hydrogen-bond acceptors (Lipinski definition) is 5. The lowest BCUT2D eigenvalue weighted by molar-refractivity contribution is -0.122. The van der Waals surface area contributed by atoms with Crippen molar-refractivity contribution in [2.24, 2.45) is 11.8 Å². The maximum Gasteiger partial charge on any atom is 0.254 e. The molecular weight excluding hydrogens is 342 g/mol. The van der Waals surface area contributed by atoms with E-state index in [0.717, 1.165) is 12.8 Å². The summed E-state index contributed by atoms with van der Waals surface area (Å²) in [6.45, 7) is 3.00. The monoisotopic (exact) mass is 363 g/mol. The number of ketones is 1. The molecule has 2 aliphatic rings. The van der Waals surface area contributed by atoms with Crippen LogP contribution in [0.4, 0.5) is 0 Å². The standard InChI is InChI=1S/C18H21NO3S2/c1-2-22-18(23)24-17-14(10-15(20)12-8-9-12)11-19(17)16(21)13-6-4-3-5-7-13/h3-7,12,14,17H,2,8-11H2,1H3/t14-,17+/m1/s1. The average molecular weight is 364 g/mol. The van der Waals surface area contributed by atoms with Gasteiger partial charge in [0.2, 0.25) is 4.38 Å². The quantitative estimate of drug-likeness (QED) is 0.724. The zero-order valence-corrected chi connectivity index (χ0v) is 15.3. The largest absolute Gasteiger partial charge is 0.479 e. The van der Waals surface area contributed by atoms with Gasteiger partial charge in [-0.05, 0) is 44.1 Å². The minimum Gasteiger partial charge on any atom is -0.479 e. The van der Waals surface area contributed by atoms with Crippen molar-refractivity contribution in [3.63, 3.8) is 0 Å². The molecule has 1 aromatic carbocycles. The number of Topliss-reactive ketones (excluding diaryl/α,β-unsaturated/α-hetero) is 1. The van der Waals surface area contributed by atoms with Crippen LogP contribution in [0.2, 0.25) is 0 Å². The van der Waals surface area contributed by atoms with E-state index in [2.05, 4.69) is 0 Å². The first kappa shape index (κ1) is 17.4. The lowest BCUT2D eigenvalue weighted by Gasteiger charge is -2.47. The molecule has 128 valence electrons. The Morgan fingerprint density at radius 3 is 2.62 bits per heavy atom. The summed E-state index contributed by atoms with van der Waals surface area (Å²) in [7, 11) is 0. The Hall–Kier alpha value is -1.40. The highest BCUT2D eigenvalue weighted by molar-refractivity contribution is 8.23. The van der Waals surface area contributed by atoms with Gasteiger partial charge in [0.05, 0.1) is 12.0 Å². The van der Waals surface area contributed by atoms with Crippen LogP contribution in [-0.2, 0) is 9.53 Å². The third-order valence-corrected chi connectivity index (χ3v) is 6.00. The molecule has 3 rings (SSSR count). The minimum absolute atomic E-state index is 0.0116. The molecule has 0 unspecified atom stereocenters. The number of benzene rings is 1. The summed E-state index contributed by atoms with van der Waals surface area (Å²) in [6.07, 6.45) is 2.58. The predicted octanol–water partition coefficient (Wildman–Crippen LogP) is 3.51. The van der Waals surface area contributed by atoms with Crippen molar-refractivity contribution in [2.75, 3.05) is 13.2 Å². The number of nitrogens with zero attached hydrogens (tertiary/aromatic N) is 1. The lowest BCUT2D eigenvalue weighted by Crippen LogP contribution is -2.57. The van der Waals surface area contributed by atoms with Gasteiger partial charge < -0.3 is 9.64 Å². The summed E-state index contributed by atoms with van der Waals surface area (Å²) in [5, 5.41) is -0.112. The van der Waals surface area contributed by atoms with Crippen LogP contribution in [0.25, 0.3) is 0 Å². The number of thiocarbonyl (C=S) groups is 1. The number of thioether (sulfide) groups is 1. The zero-order valence-electron chi connectivity index (χ0n) is 13.6. The van der Waals surface area contributed by atoms with Crippen molar-refractivity contribution in [3.8, 4) is 0 Å². The van der Waals surface area contributed by atoms with Gasteiger partial charge >= 0.3 is 0 Å². The van der Waals surface area contributed by atoms with Gasteiger partial charge in [-0.25, -0.2) is 0 Å². The van der Waals surface area contributed by atoms with Crippen LogP contribution in [0.1, 0.15) is 36.5 Å². The number of rotatable bonds is 6. The third kappa shape index (κ3) is 3.98. The van der Waals surface area contributed by atoms with Crippen LogP contribution in [0.3, 0.4) is 0 Å². The number of carbonyl (C=O) groups excluding carboxylic acids is 2. The first-order chi connectivity index (χ1) is 11.6. The van der Waals surface area contributed by atoms with Crippen LogP contribution in [-0.4, -0.2) is 39.5 Å². The van der Waals surface area contributed by atoms with E-state index in [1.807, 2.05) is 37.3 Å². The molecular formula is C18H21NO3S2. The fourth-order valence-corrected chi connectivity index (χ4v) is 4.39. The van der Waals surface area contributed by atoms with Gasteiger partial charge in [-0.2, -0.15) is 0 Å². The molecule has 2 fully saturated rings. The van der Waals surface area contributed by atoms with Crippen molar-refractivity contribution in [3.05, 3.63) is 35.9 Å². The van der Waals surface area contributed by atoms with E-state index in [9.17, 15) is 9.59 Å². The van der Waals surface area contributed by atoms with Gasteiger partial charge in [0.25, 0.3) is 5.91 Å². The first-order valence-electron chi connectivity index (χ1n) is 8.32. The Morgan fingerprint density at radius 2 is 2.00 bits per heavy atom. The number of amides is 1. The molecule has 1 saturated carbocycles.